The second-order valence-electron chi connectivity index (χ2n) is 5.45. The van der Waals surface area contributed by atoms with Gasteiger partial charge in [0.1, 0.15) is 5.82 Å². The zero-order chi connectivity index (χ0) is 14.5. The molecule has 0 saturated carbocycles. The third-order valence-electron chi connectivity index (χ3n) is 2.35. The average molecular weight is 265 g/mol. The van der Waals surface area contributed by atoms with Gasteiger partial charge in [-0.2, -0.15) is 4.98 Å². The van der Waals surface area contributed by atoms with E-state index >= 15 is 0 Å². The summed E-state index contributed by atoms with van der Waals surface area (Å²) in [5.74, 6) is 1.34. The van der Waals surface area contributed by atoms with Gasteiger partial charge in [0.05, 0.1) is 0 Å². The molecule has 0 unspecified atom stereocenters. The van der Waals surface area contributed by atoms with Crippen molar-refractivity contribution < 1.29 is 4.79 Å². The third-order valence-corrected chi connectivity index (χ3v) is 2.35. The van der Waals surface area contributed by atoms with E-state index in [0.717, 1.165) is 11.4 Å². The Hall–Kier alpha value is -1.85. The van der Waals surface area contributed by atoms with Crippen LogP contribution in [0.25, 0.3) is 0 Å². The minimum absolute atomic E-state index is 0.0283. The van der Waals surface area contributed by atoms with E-state index in [9.17, 15) is 4.79 Å². The van der Waals surface area contributed by atoms with Crippen molar-refractivity contribution in [2.45, 2.75) is 39.7 Å². The summed E-state index contributed by atoms with van der Waals surface area (Å²) in [7, 11) is 1.77. The first kappa shape index (κ1) is 15.2. The number of hydrogen-bond donors (Lipinski definition) is 3. The summed E-state index contributed by atoms with van der Waals surface area (Å²) in [5, 5.41) is 8.95. The van der Waals surface area contributed by atoms with Crippen molar-refractivity contribution in [2.75, 3.05) is 24.2 Å². The Morgan fingerprint density at radius 1 is 1.37 bits per heavy atom. The molecule has 0 aliphatic rings. The fraction of sp³-hybridized carbons (Fsp3) is 0.615. The van der Waals surface area contributed by atoms with Gasteiger partial charge in [0, 0.05) is 37.3 Å². The van der Waals surface area contributed by atoms with Gasteiger partial charge in [0.15, 0.2) is 0 Å². The number of rotatable bonds is 5. The molecular formula is C13H23N5O. The molecule has 6 nitrogen and oxygen atoms in total. The molecular weight excluding hydrogens is 242 g/mol. The molecule has 3 N–H and O–H groups in total. The number of hydrogen-bond acceptors (Lipinski definition) is 5. The zero-order valence-electron chi connectivity index (χ0n) is 12.3. The maximum absolute atomic E-state index is 11.7. The van der Waals surface area contributed by atoms with Crippen LogP contribution in [0.2, 0.25) is 0 Å². The van der Waals surface area contributed by atoms with Crippen molar-refractivity contribution >= 4 is 17.7 Å². The van der Waals surface area contributed by atoms with Gasteiger partial charge in [0.2, 0.25) is 11.9 Å². The third kappa shape index (κ3) is 5.54. The van der Waals surface area contributed by atoms with Crippen LogP contribution in [-0.2, 0) is 4.79 Å². The lowest BCUT2D eigenvalue weighted by Gasteiger charge is -2.20. The lowest BCUT2D eigenvalue weighted by Crippen LogP contribution is -2.41. The first-order valence-corrected chi connectivity index (χ1v) is 6.38. The molecule has 0 aromatic carbocycles. The highest BCUT2D eigenvalue weighted by Crippen LogP contribution is 2.11. The van der Waals surface area contributed by atoms with Crippen LogP contribution in [0.1, 0.15) is 32.8 Å². The zero-order valence-corrected chi connectivity index (χ0v) is 12.3. The van der Waals surface area contributed by atoms with Crippen molar-refractivity contribution in [1.82, 2.24) is 15.3 Å². The molecule has 0 atom stereocenters. The summed E-state index contributed by atoms with van der Waals surface area (Å²) in [4.78, 5) is 20.1. The smallest absolute Gasteiger partial charge is 0.224 e. The predicted molar refractivity (Wildman–Crippen MR) is 77.3 cm³/mol. The van der Waals surface area contributed by atoms with Crippen LogP contribution < -0.4 is 16.0 Å². The molecule has 1 aromatic rings. The SMILES string of the molecule is CNc1ncc(C)c(NCCC(=O)NC(C)(C)C)n1. The Morgan fingerprint density at radius 2 is 2.05 bits per heavy atom. The second kappa shape index (κ2) is 6.36. The Morgan fingerprint density at radius 3 is 2.63 bits per heavy atom. The number of nitrogens with one attached hydrogen (secondary N) is 3. The van der Waals surface area contributed by atoms with Crippen LogP contribution in [0.5, 0.6) is 0 Å². The predicted octanol–water partition coefficient (Wildman–Crippen LogP) is 1.54. The van der Waals surface area contributed by atoms with E-state index in [-0.39, 0.29) is 11.4 Å². The quantitative estimate of drug-likeness (QED) is 0.752. The highest BCUT2D eigenvalue weighted by Gasteiger charge is 2.13. The summed E-state index contributed by atoms with van der Waals surface area (Å²) < 4.78 is 0. The van der Waals surface area contributed by atoms with Gasteiger partial charge in [-0.25, -0.2) is 4.98 Å². The highest BCUT2D eigenvalue weighted by molar-refractivity contribution is 5.77. The minimum Gasteiger partial charge on any atom is -0.369 e. The van der Waals surface area contributed by atoms with Crippen molar-refractivity contribution in [3.63, 3.8) is 0 Å². The molecule has 1 amide bonds. The molecule has 0 spiro atoms. The van der Waals surface area contributed by atoms with Gasteiger partial charge in [-0.05, 0) is 27.7 Å². The number of carbonyl (C=O) groups excluding carboxylic acids is 1. The van der Waals surface area contributed by atoms with Gasteiger partial charge in [-0.1, -0.05) is 0 Å². The molecule has 6 heteroatoms. The molecule has 0 aliphatic carbocycles. The fourth-order valence-corrected chi connectivity index (χ4v) is 1.52. The molecule has 0 bridgehead atoms. The topological polar surface area (TPSA) is 78.9 Å². The molecule has 0 saturated heterocycles. The molecule has 0 fully saturated rings. The summed E-state index contributed by atoms with van der Waals surface area (Å²) in [6.45, 7) is 8.37. The lowest BCUT2D eigenvalue weighted by molar-refractivity contribution is -0.122. The average Bonchev–Trinajstić information content (AvgIpc) is 2.29. The van der Waals surface area contributed by atoms with Crippen LogP contribution >= 0.6 is 0 Å². The van der Waals surface area contributed by atoms with E-state index in [1.54, 1.807) is 13.2 Å². The van der Waals surface area contributed by atoms with E-state index in [0.29, 0.717) is 18.9 Å². The molecule has 1 aromatic heterocycles. The van der Waals surface area contributed by atoms with Crippen LogP contribution in [0.3, 0.4) is 0 Å². The number of nitrogens with zero attached hydrogens (tertiary/aromatic N) is 2. The molecule has 1 rings (SSSR count). The first-order chi connectivity index (χ1) is 8.81. The van der Waals surface area contributed by atoms with Gasteiger partial charge < -0.3 is 16.0 Å². The molecule has 0 radical (unpaired) electrons. The van der Waals surface area contributed by atoms with Crippen molar-refractivity contribution in [3.05, 3.63) is 11.8 Å². The largest absolute Gasteiger partial charge is 0.369 e. The van der Waals surface area contributed by atoms with Crippen LogP contribution in [-0.4, -0.2) is 35.0 Å². The molecule has 19 heavy (non-hydrogen) atoms. The standard InChI is InChI=1S/C13H23N5O/c1-9-8-16-12(14-5)17-11(9)15-7-6-10(19)18-13(2,3)4/h8H,6-7H2,1-5H3,(H,18,19)(H2,14,15,16,17). The van der Waals surface area contributed by atoms with Gasteiger partial charge >= 0.3 is 0 Å². The van der Waals surface area contributed by atoms with Crippen molar-refractivity contribution in [1.29, 1.82) is 0 Å². The summed E-state index contributed by atoms with van der Waals surface area (Å²) in [6.07, 6.45) is 2.16. The van der Waals surface area contributed by atoms with E-state index in [4.69, 9.17) is 0 Å². The lowest BCUT2D eigenvalue weighted by atomic mass is 10.1. The monoisotopic (exact) mass is 265 g/mol. The highest BCUT2D eigenvalue weighted by atomic mass is 16.1. The minimum atomic E-state index is -0.193. The number of aryl methyl sites for hydroxylation is 1. The molecule has 0 aliphatic heterocycles. The van der Waals surface area contributed by atoms with E-state index < -0.39 is 0 Å². The Balaban J connectivity index is 2.47. The summed E-state index contributed by atoms with van der Waals surface area (Å²) >= 11 is 0. The van der Waals surface area contributed by atoms with E-state index in [1.165, 1.54) is 0 Å². The van der Waals surface area contributed by atoms with Crippen LogP contribution in [0.4, 0.5) is 11.8 Å². The van der Waals surface area contributed by atoms with Crippen LogP contribution in [0.15, 0.2) is 6.20 Å². The van der Waals surface area contributed by atoms with E-state index in [2.05, 4.69) is 25.9 Å². The first-order valence-electron chi connectivity index (χ1n) is 6.38. The maximum atomic E-state index is 11.7. The van der Waals surface area contributed by atoms with Crippen LogP contribution in [0, 0.1) is 6.92 Å². The van der Waals surface area contributed by atoms with Gasteiger partial charge in [0.25, 0.3) is 0 Å². The Kier molecular flexibility index (Phi) is 5.09. The number of aromatic nitrogens is 2. The Labute approximate surface area is 114 Å². The van der Waals surface area contributed by atoms with Gasteiger partial charge in [-0.3, -0.25) is 4.79 Å². The Bertz CT molecular complexity index is 439. The van der Waals surface area contributed by atoms with Gasteiger partial charge in [-0.15, -0.1) is 0 Å². The van der Waals surface area contributed by atoms with E-state index in [1.807, 2.05) is 27.7 Å². The number of anilines is 2. The number of amides is 1. The fourth-order valence-electron chi connectivity index (χ4n) is 1.52. The van der Waals surface area contributed by atoms with Crippen molar-refractivity contribution in [2.24, 2.45) is 0 Å². The maximum Gasteiger partial charge on any atom is 0.224 e. The normalized spacial score (nSPS) is 11.0. The summed E-state index contributed by atoms with van der Waals surface area (Å²) in [5.41, 5.74) is 0.761. The second-order valence-corrected chi connectivity index (χ2v) is 5.45. The number of carbonyl (C=O) groups is 1. The molecule has 1 heterocycles. The summed E-state index contributed by atoms with van der Waals surface area (Å²) in [6, 6.07) is 0. The van der Waals surface area contributed by atoms with Crippen molar-refractivity contribution in [3.8, 4) is 0 Å². The molecule has 106 valence electrons.